The molecule has 18 heavy (non-hydrogen) atoms. The predicted molar refractivity (Wildman–Crippen MR) is 66.1 cm³/mol. The molecule has 1 rings (SSSR count). The fourth-order valence-electron chi connectivity index (χ4n) is 1.02. The molecule has 0 atom stereocenters. The molecule has 0 aliphatic carbocycles. The van der Waals surface area contributed by atoms with Gasteiger partial charge in [-0.05, 0) is 0 Å². The number of hydrogen-bond donors (Lipinski definition) is 0. The largest absolute Gasteiger partial charge is 0.461 e. The van der Waals surface area contributed by atoms with Gasteiger partial charge in [0, 0.05) is 12.8 Å². The maximum Gasteiger partial charge on any atom is 0.316 e. The van der Waals surface area contributed by atoms with E-state index in [1.54, 1.807) is 0 Å². The van der Waals surface area contributed by atoms with Gasteiger partial charge in [0.1, 0.15) is 13.2 Å². The molecule has 6 nitrogen and oxygen atoms in total. The predicted octanol–water partition coefficient (Wildman–Crippen LogP) is 0.386. The van der Waals surface area contributed by atoms with Crippen molar-refractivity contribution in [2.45, 2.75) is 12.8 Å². The van der Waals surface area contributed by atoms with Crippen LogP contribution in [0.1, 0.15) is 12.8 Å². The van der Waals surface area contributed by atoms with E-state index in [1.807, 2.05) is 0 Å². The van der Waals surface area contributed by atoms with Gasteiger partial charge in [0.25, 0.3) is 0 Å². The van der Waals surface area contributed by atoms with Crippen LogP contribution >= 0.6 is 23.5 Å². The number of hydrogen-bond acceptors (Lipinski definition) is 8. The second-order valence-electron chi connectivity index (χ2n) is 3.26. The molecule has 8 heteroatoms. The summed E-state index contributed by atoms with van der Waals surface area (Å²) >= 11 is 1.66. The molecule has 1 saturated heterocycles. The van der Waals surface area contributed by atoms with Crippen LogP contribution in [0.4, 0.5) is 0 Å². The van der Waals surface area contributed by atoms with E-state index in [1.165, 1.54) is 0 Å². The summed E-state index contributed by atoms with van der Waals surface area (Å²) in [5.41, 5.74) is 0. The van der Waals surface area contributed by atoms with Crippen molar-refractivity contribution >= 4 is 45.7 Å². The lowest BCUT2D eigenvalue weighted by atomic mass is 10.4. The van der Waals surface area contributed by atoms with Gasteiger partial charge in [0.05, 0.1) is 11.5 Å². The van der Waals surface area contributed by atoms with Crippen LogP contribution in [0.25, 0.3) is 0 Å². The number of thioether (sulfide) groups is 2. The van der Waals surface area contributed by atoms with Crippen LogP contribution in [0, 0.1) is 0 Å². The molecule has 0 N–H and O–H groups in total. The molecule has 0 amide bonds. The SMILES string of the molecule is O=C1CSC(=O)CCC(=O)SCC(=O)OCCO1. The summed E-state index contributed by atoms with van der Waals surface area (Å²) in [4.78, 5) is 44.9. The van der Waals surface area contributed by atoms with Crippen LogP contribution in [0.2, 0.25) is 0 Å². The normalized spacial score (nSPS) is 20.9. The topological polar surface area (TPSA) is 86.7 Å². The molecule has 0 bridgehead atoms. The molecule has 0 saturated carbocycles. The Kier molecular flexibility index (Phi) is 6.81. The van der Waals surface area contributed by atoms with Gasteiger partial charge < -0.3 is 9.47 Å². The first-order valence-corrected chi connectivity index (χ1v) is 7.17. The molecule has 0 spiro atoms. The smallest absolute Gasteiger partial charge is 0.316 e. The maximum atomic E-state index is 11.3. The Labute approximate surface area is 112 Å². The van der Waals surface area contributed by atoms with Gasteiger partial charge in [-0.3, -0.25) is 19.2 Å². The summed E-state index contributed by atoms with van der Waals surface area (Å²) in [6.07, 6.45) is 0.109. The third kappa shape index (κ3) is 6.65. The molecule has 1 aliphatic heterocycles. The van der Waals surface area contributed by atoms with E-state index in [2.05, 4.69) is 0 Å². The van der Waals surface area contributed by atoms with Gasteiger partial charge in [-0.2, -0.15) is 0 Å². The van der Waals surface area contributed by atoms with E-state index in [4.69, 9.17) is 9.47 Å². The average Bonchev–Trinajstić information content (AvgIpc) is 2.35. The van der Waals surface area contributed by atoms with Gasteiger partial charge in [-0.1, -0.05) is 23.5 Å². The van der Waals surface area contributed by atoms with Crippen molar-refractivity contribution in [3.8, 4) is 0 Å². The zero-order valence-electron chi connectivity index (χ0n) is 9.51. The molecule has 0 aromatic carbocycles. The quantitative estimate of drug-likeness (QED) is 0.592. The molecule has 1 fully saturated rings. The van der Waals surface area contributed by atoms with Crippen molar-refractivity contribution < 1.29 is 28.7 Å². The van der Waals surface area contributed by atoms with Crippen LogP contribution in [0.5, 0.6) is 0 Å². The first-order valence-electron chi connectivity index (χ1n) is 5.20. The van der Waals surface area contributed by atoms with E-state index in [0.717, 1.165) is 23.5 Å². The van der Waals surface area contributed by atoms with Crippen LogP contribution in [0.3, 0.4) is 0 Å². The molecule has 0 aromatic rings. The molecular weight excluding hydrogens is 280 g/mol. The Hall–Kier alpha value is -1.02. The summed E-state index contributed by atoms with van der Waals surface area (Å²) < 4.78 is 9.48. The highest BCUT2D eigenvalue weighted by Gasteiger charge is 2.14. The Morgan fingerprint density at radius 3 is 1.50 bits per heavy atom. The van der Waals surface area contributed by atoms with E-state index in [9.17, 15) is 19.2 Å². The molecular formula is C10H12O6S2. The number of carbonyl (C=O) groups excluding carboxylic acids is 4. The second-order valence-corrected chi connectivity index (χ2v) is 5.33. The number of esters is 2. The lowest BCUT2D eigenvalue weighted by Gasteiger charge is -2.07. The van der Waals surface area contributed by atoms with E-state index in [-0.39, 0.29) is 47.8 Å². The fourth-order valence-corrected chi connectivity index (χ4v) is 2.24. The van der Waals surface area contributed by atoms with Gasteiger partial charge in [-0.15, -0.1) is 0 Å². The molecule has 1 heterocycles. The minimum absolute atomic E-state index is 0.0437. The highest BCUT2D eigenvalue weighted by molar-refractivity contribution is 8.14. The number of carbonyl (C=O) groups is 4. The van der Waals surface area contributed by atoms with Gasteiger partial charge in [-0.25, -0.2) is 0 Å². The van der Waals surface area contributed by atoms with Crippen LogP contribution in [0.15, 0.2) is 0 Å². The van der Waals surface area contributed by atoms with Crippen molar-refractivity contribution in [2.24, 2.45) is 0 Å². The number of ether oxygens (including phenoxy) is 2. The van der Waals surface area contributed by atoms with Crippen molar-refractivity contribution in [2.75, 3.05) is 24.7 Å². The molecule has 0 radical (unpaired) electrons. The van der Waals surface area contributed by atoms with Crippen molar-refractivity contribution in [1.29, 1.82) is 0 Å². The Morgan fingerprint density at radius 2 is 1.11 bits per heavy atom. The molecule has 0 unspecified atom stereocenters. The maximum absolute atomic E-state index is 11.3. The minimum Gasteiger partial charge on any atom is -0.461 e. The first-order chi connectivity index (χ1) is 8.58. The first kappa shape index (κ1) is 15.0. The summed E-state index contributed by atoms with van der Waals surface area (Å²) in [6.45, 7) is -0.0874. The third-order valence-corrected chi connectivity index (χ3v) is 3.66. The summed E-state index contributed by atoms with van der Waals surface area (Å²) in [5, 5.41) is -0.471. The van der Waals surface area contributed by atoms with Crippen LogP contribution < -0.4 is 0 Å². The Morgan fingerprint density at radius 1 is 0.722 bits per heavy atom. The van der Waals surface area contributed by atoms with Crippen LogP contribution in [-0.2, 0) is 28.7 Å². The fraction of sp³-hybridized carbons (Fsp3) is 0.600. The minimum atomic E-state index is -0.540. The molecule has 100 valence electrons. The van der Waals surface area contributed by atoms with Crippen molar-refractivity contribution in [1.82, 2.24) is 0 Å². The van der Waals surface area contributed by atoms with E-state index < -0.39 is 11.9 Å². The van der Waals surface area contributed by atoms with Crippen molar-refractivity contribution in [3.05, 3.63) is 0 Å². The highest BCUT2D eigenvalue weighted by Crippen LogP contribution is 2.13. The standard InChI is InChI=1S/C10H12O6S2/c11-7-5-17-9(13)1-2-10(14)18-6-8(12)16-4-3-15-7/h1-6H2. The lowest BCUT2D eigenvalue weighted by molar-refractivity contribution is -0.148. The lowest BCUT2D eigenvalue weighted by Crippen LogP contribution is -2.17. The molecule has 0 aromatic heterocycles. The summed E-state index contributed by atoms with van der Waals surface area (Å²) in [5.74, 6) is -1.26. The zero-order chi connectivity index (χ0) is 13.4. The van der Waals surface area contributed by atoms with E-state index in [0.29, 0.717) is 0 Å². The highest BCUT2D eigenvalue weighted by atomic mass is 32.2. The monoisotopic (exact) mass is 292 g/mol. The number of rotatable bonds is 0. The summed E-state index contributed by atoms with van der Waals surface area (Å²) in [7, 11) is 0. The van der Waals surface area contributed by atoms with Gasteiger partial charge in [0.15, 0.2) is 10.2 Å². The average molecular weight is 292 g/mol. The van der Waals surface area contributed by atoms with Crippen molar-refractivity contribution in [3.63, 3.8) is 0 Å². The Bertz CT molecular complexity index is 320. The third-order valence-electron chi connectivity index (χ3n) is 1.84. The molecule has 1 aliphatic rings. The van der Waals surface area contributed by atoms with E-state index >= 15 is 0 Å². The van der Waals surface area contributed by atoms with Gasteiger partial charge in [0.2, 0.25) is 0 Å². The second kappa shape index (κ2) is 8.15. The van der Waals surface area contributed by atoms with Crippen LogP contribution in [-0.4, -0.2) is 46.9 Å². The summed E-state index contributed by atoms with van der Waals surface area (Å²) in [6, 6.07) is 0. The number of cyclic esters (lactones) is 2. The Balaban J connectivity index is 2.47. The zero-order valence-corrected chi connectivity index (χ0v) is 11.1. The van der Waals surface area contributed by atoms with Gasteiger partial charge >= 0.3 is 11.9 Å².